The molecule has 0 N–H and O–H groups in total. The highest BCUT2D eigenvalue weighted by atomic mass is 32.2. The van der Waals surface area contributed by atoms with Gasteiger partial charge in [-0.1, -0.05) is 17.3 Å². The molecule has 0 saturated carbocycles. The first-order valence-corrected chi connectivity index (χ1v) is 7.96. The van der Waals surface area contributed by atoms with Crippen molar-refractivity contribution in [2.24, 2.45) is 0 Å². The minimum atomic E-state index is -3.98. The number of para-hydroxylation sites is 1. The summed E-state index contributed by atoms with van der Waals surface area (Å²) < 4.78 is 44.8. The third-order valence-electron chi connectivity index (χ3n) is 3.05. The lowest BCUT2D eigenvalue weighted by atomic mass is 10.3. The fourth-order valence-electron chi connectivity index (χ4n) is 2.04. The highest BCUT2D eigenvalue weighted by molar-refractivity contribution is 7.90. The Balaban J connectivity index is 2.16. The van der Waals surface area contributed by atoms with E-state index < -0.39 is 15.8 Å². The van der Waals surface area contributed by atoms with E-state index in [-0.39, 0.29) is 17.3 Å². The lowest BCUT2D eigenvalue weighted by Gasteiger charge is -2.08. The van der Waals surface area contributed by atoms with Gasteiger partial charge in [0.15, 0.2) is 11.6 Å². The fourth-order valence-corrected chi connectivity index (χ4v) is 3.28. The van der Waals surface area contributed by atoms with E-state index in [4.69, 9.17) is 4.74 Å². The van der Waals surface area contributed by atoms with Gasteiger partial charge in [0.25, 0.3) is 10.0 Å². The quantitative estimate of drug-likeness (QED) is 0.736. The maximum Gasteiger partial charge on any atom is 0.285 e. The summed E-state index contributed by atoms with van der Waals surface area (Å²) in [7, 11) is -3.98. The Hall–Kier alpha value is -2.48. The normalized spacial score (nSPS) is 11.7. The standard InChI is InChI=1S/C14H12FN3O3S/c1-2-21-14-9-10(7-8-11(14)15)22(19,20)18-13-6-4-3-5-12(13)16-17-18/h3-9H,2H2,1H3. The summed E-state index contributed by atoms with van der Waals surface area (Å²) in [5, 5.41) is 7.50. The van der Waals surface area contributed by atoms with Crippen LogP contribution in [0.2, 0.25) is 0 Å². The molecule has 0 radical (unpaired) electrons. The zero-order chi connectivity index (χ0) is 15.7. The Morgan fingerprint density at radius 3 is 2.77 bits per heavy atom. The maximum absolute atomic E-state index is 13.6. The molecular formula is C14H12FN3O3S. The Kier molecular flexibility index (Phi) is 3.53. The van der Waals surface area contributed by atoms with E-state index in [1.165, 1.54) is 6.07 Å². The van der Waals surface area contributed by atoms with Crippen LogP contribution in [0.5, 0.6) is 5.75 Å². The molecule has 0 fully saturated rings. The van der Waals surface area contributed by atoms with Gasteiger partial charge in [-0.15, -0.1) is 9.19 Å². The van der Waals surface area contributed by atoms with Gasteiger partial charge in [0.2, 0.25) is 0 Å². The van der Waals surface area contributed by atoms with Gasteiger partial charge in [0.05, 0.1) is 11.5 Å². The molecule has 114 valence electrons. The lowest BCUT2D eigenvalue weighted by molar-refractivity contribution is 0.320. The number of fused-ring (bicyclic) bond motifs is 1. The zero-order valence-corrected chi connectivity index (χ0v) is 12.4. The van der Waals surface area contributed by atoms with E-state index in [2.05, 4.69) is 10.3 Å². The monoisotopic (exact) mass is 321 g/mol. The van der Waals surface area contributed by atoms with E-state index in [9.17, 15) is 12.8 Å². The zero-order valence-electron chi connectivity index (χ0n) is 11.6. The van der Waals surface area contributed by atoms with Crippen LogP contribution in [0.25, 0.3) is 11.0 Å². The van der Waals surface area contributed by atoms with E-state index in [1.54, 1.807) is 31.2 Å². The van der Waals surface area contributed by atoms with Crippen molar-refractivity contribution in [3.63, 3.8) is 0 Å². The summed E-state index contributed by atoms with van der Waals surface area (Å²) in [6, 6.07) is 10.0. The average molecular weight is 321 g/mol. The Morgan fingerprint density at radius 2 is 2.00 bits per heavy atom. The van der Waals surface area contributed by atoms with Crippen LogP contribution in [0, 0.1) is 5.82 Å². The molecule has 0 aliphatic heterocycles. The number of ether oxygens (including phenoxy) is 1. The molecule has 6 nitrogen and oxygen atoms in total. The predicted octanol–water partition coefficient (Wildman–Crippen LogP) is 2.21. The van der Waals surface area contributed by atoms with Crippen LogP contribution in [0.15, 0.2) is 47.4 Å². The number of halogens is 1. The average Bonchev–Trinajstić information content (AvgIpc) is 2.94. The molecule has 3 rings (SSSR count). The van der Waals surface area contributed by atoms with Crippen molar-refractivity contribution in [2.45, 2.75) is 11.8 Å². The first-order valence-electron chi connectivity index (χ1n) is 6.52. The molecule has 0 atom stereocenters. The van der Waals surface area contributed by atoms with Crippen LogP contribution < -0.4 is 4.74 Å². The first kappa shape index (κ1) is 14.5. The van der Waals surface area contributed by atoms with Crippen molar-refractivity contribution in [3.8, 4) is 5.75 Å². The number of aromatic nitrogens is 3. The van der Waals surface area contributed by atoms with Gasteiger partial charge in [-0.05, 0) is 31.2 Å². The summed E-state index contributed by atoms with van der Waals surface area (Å²) in [6.45, 7) is 1.91. The number of rotatable bonds is 4. The Labute approximate surface area is 126 Å². The Morgan fingerprint density at radius 1 is 1.23 bits per heavy atom. The smallest absolute Gasteiger partial charge is 0.285 e. The van der Waals surface area contributed by atoms with Crippen LogP contribution >= 0.6 is 0 Å². The van der Waals surface area contributed by atoms with Crippen molar-refractivity contribution in [1.29, 1.82) is 0 Å². The minimum Gasteiger partial charge on any atom is -0.491 e. The summed E-state index contributed by atoms with van der Waals surface area (Å²) in [4.78, 5) is -0.118. The van der Waals surface area contributed by atoms with Crippen LogP contribution in [0.4, 0.5) is 4.39 Å². The molecule has 22 heavy (non-hydrogen) atoms. The van der Waals surface area contributed by atoms with Crippen molar-refractivity contribution < 1.29 is 17.5 Å². The van der Waals surface area contributed by atoms with E-state index >= 15 is 0 Å². The van der Waals surface area contributed by atoms with Gasteiger partial charge in [0, 0.05) is 6.07 Å². The topological polar surface area (TPSA) is 74.1 Å². The number of hydrogen-bond donors (Lipinski definition) is 0. The second kappa shape index (κ2) is 5.38. The Bertz CT molecular complexity index is 937. The van der Waals surface area contributed by atoms with E-state index in [0.29, 0.717) is 11.0 Å². The maximum atomic E-state index is 13.6. The molecule has 0 unspecified atom stereocenters. The first-order chi connectivity index (χ1) is 10.5. The third-order valence-corrected chi connectivity index (χ3v) is 4.62. The van der Waals surface area contributed by atoms with Crippen molar-refractivity contribution in [3.05, 3.63) is 48.3 Å². The summed E-state index contributed by atoms with van der Waals surface area (Å²) in [5.41, 5.74) is 0.808. The minimum absolute atomic E-state index is 0.118. The molecule has 1 heterocycles. The van der Waals surface area contributed by atoms with Gasteiger partial charge in [-0.3, -0.25) is 0 Å². The molecule has 0 aliphatic rings. The van der Waals surface area contributed by atoms with Crippen LogP contribution in [-0.2, 0) is 10.0 Å². The summed E-state index contributed by atoms with van der Waals surface area (Å²) in [6.07, 6.45) is 0. The summed E-state index contributed by atoms with van der Waals surface area (Å²) >= 11 is 0. The molecule has 0 amide bonds. The number of nitrogens with zero attached hydrogens (tertiary/aromatic N) is 3. The van der Waals surface area contributed by atoms with Gasteiger partial charge < -0.3 is 4.74 Å². The van der Waals surface area contributed by atoms with Crippen LogP contribution in [0.3, 0.4) is 0 Å². The van der Waals surface area contributed by atoms with E-state index in [0.717, 1.165) is 16.2 Å². The fraction of sp³-hybridized carbons (Fsp3) is 0.143. The highest BCUT2D eigenvalue weighted by Crippen LogP contribution is 2.24. The molecule has 0 saturated heterocycles. The lowest BCUT2D eigenvalue weighted by Crippen LogP contribution is -2.15. The molecule has 0 spiro atoms. The molecule has 0 aliphatic carbocycles. The van der Waals surface area contributed by atoms with Gasteiger partial charge >= 0.3 is 0 Å². The van der Waals surface area contributed by atoms with Gasteiger partial charge in [-0.2, -0.15) is 8.42 Å². The van der Waals surface area contributed by atoms with Crippen molar-refractivity contribution in [1.82, 2.24) is 14.4 Å². The number of benzene rings is 2. The van der Waals surface area contributed by atoms with Crippen molar-refractivity contribution >= 4 is 21.1 Å². The predicted molar refractivity (Wildman–Crippen MR) is 77.7 cm³/mol. The highest BCUT2D eigenvalue weighted by Gasteiger charge is 2.22. The molecule has 2 aromatic carbocycles. The van der Waals surface area contributed by atoms with E-state index in [1.807, 2.05) is 0 Å². The van der Waals surface area contributed by atoms with Crippen molar-refractivity contribution in [2.75, 3.05) is 6.61 Å². The van der Waals surface area contributed by atoms with Crippen LogP contribution in [0.1, 0.15) is 6.92 Å². The SMILES string of the molecule is CCOc1cc(S(=O)(=O)n2nnc3ccccc32)ccc1F. The third kappa shape index (κ3) is 2.31. The number of hydrogen-bond acceptors (Lipinski definition) is 5. The molecular weight excluding hydrogens is 309 g/mol. The summed E-state index contributed by atoms with van der Waals surface area (Å²) in [5.74, 6) is -0.739. The molecule has 3 aromatic rings. The van der Waals surface area contributed by atoms with Crippen LogP contribution in [-0.4, -0.2) is 29.4 Å². The second-order valence-electron chi connectivity index (χ2n) is 4.45. The molecule has 0 bridgehead atoms. The molecule has 8 heteroatoms. The second-order valence-corrected chi connectivity index (χ2v) is 6.22. The van der Waals surface area contributed by atoms with Gasteiger partial charge in [0.1, 0.15) is 11.0 Å². The largest absolute Gasteiger partial charge is 0.491 e. The van der Waals surface area contributed by atoms with Gasteiger partial charge in [-0.25, -0.2) is 4.39 Å². The molecule has 1 aromatic heterocycles.